The smallest absolute Gasteiger partial charge is 0.248 e. The highest BCUT2D eigenvalue weighted by Gasteiger charge is 2.31. The fourth-order valence-corrected chi connectivity index (χ4v) is 2.68. The Kier molecular flexibility index (Phi) is 5.52. The molecule has 2 rings (SSSR count). The molecule has 0 radical (unpaired) electrons. The number of carbonyl (C=O) groups is 1. The summed E-state index contributed by atoms with van der Waals surface area (Å²) in [6.07, 6.45) is 2.29. The Balaban J connectivity index is 0.00000128. The van der Waals surface area contributed by atoms with Gasteiger partial charge in [-0.25, -0.2) is 0 Å². The fourth-order valence-electron chi connectivity index (χ4n) is 2.68. The van der Waals surface area contributed by atoms with Gasteiger partial charge in [0.05, 0.1) is 0 Å². The summed E-state index contributed by atoms with van der Waals surface area (Å²) in [5.74, 6) is 1.71. The Morgan fingerprint density at radius 2 is 1.88 bits per heavy atom. The van der Waals surface area contributed by atoms with Crippen molar-refractivity contribution in [3.05, 3.63) is 0 Å². The number of hydrogen-bond acceptors (Lipinski definition) is 3. The molecule has 1 amide bonds. The second-order valence-corrected chi connectivity index (χ2v) is 4.57. The third kappa shape index (κ3) is 3.09. The zero-order valence-corrected chi connectivity index (χ0v) is 10.6. The maximum Gasteiger partial charge on any atom is 0.248 e. The molecule has 2 fully saturated rings. The minimum absolute atomic E-state index is 0. The van der Waals surface area contributed by atoms with E-state index in [1.807, 2.05) is 4.90 Å². The topological polar surface area (TPSA) is 41.6 Å². The summed E-state index contributed by atoms with van der Waals surface area (Å²) in [6.45, 7) is 4.32. The molecule has 16 heavy (non-hydrogen) atoms. The van der Waals surface area contributed by atoms with E-state index in [2.05, 4.69) is 5.32 Å². The molecule has 0 aromatic rings. The lowest BCUT2D eigenvalue weighted by molar-refractivity contribution is -0.135. The minimum Gasteiger partial charge on any atom is -0.375 e. The van der Waals surface area contributed by atoms with Gasteiger partial charge in [-0.15, -0.1) is 12.4 Å². The van der Waals surface area contributed by atoms with Crippen LogP contribution in [0.3, 0.4) is 0 Å². The number of nitrogens with one attached hydrogen (secondary N) is 1. The number of fused-ring (bicyclic) bond motifs is 1. The molecule has 4 nitrogen and oxygen atoms in total. The second-order valence-electron chi connectivity index (χ2n) is 4.57. The van der Waals surface area contributed by atoms with Crippen molar-refractivity contribution in [3.63, 3.8) is 0 Å². The van der Waals surface area contributed by atoms with Crippen LogP contribution in [0.25, 0.3) is 0 Å². The molecule has 0 aromatic carbocycles. The Bertz CT molecular complexity index is 224. The molecule has 0 aliphatic carbocycles. The van der Waals surface area contributed by atoms with Gasteiger partial charge in [-0.2, -0.15) is 0 Å². The van der Waals surface area contributed by atoms with Gasteiger partial charge >= 0.3 is 0 Å². The normalized spacial score (nSPS) is 29.2. The molecule has 2 aliphatic heterocycles. The third-order valence-corrected chi connectivity index (χ3v) is 3.64. The minimum atomic E-state index is 0. The molecule has 1 N–H and O–H groups in total. The van der Waals surface area contributed by atoms with Gasteiger partial charge in [0, 0.05) is 20.2 Å². The van der Waals surface area contributed by atoms with Gasteiger partial charge in [0.1, 0.15) is 6.61 Å². The molecule has 2 heterocycles. The van der Waals surface area contributed by atoms with Crippen molar-refractivity contribution in [1.29, 1.82) is 0 Å². The molecule has 0 unspecified atom stereocenters. The molecule has 94 valence electrons. The van der Waals surface area contributed by atoms with Gasteiger partial charge in [-0.1, -0.05) is 0 Å². The molecule has 5 heteroatoms. The fraction of sp³-hybridized carbons (Fsp3) is 0.909. The van der Waals surface area contributed by atoms with Gasteiger partial charge in [0.2, 0.25) is 5.91 Å². The lowest BCUT2D eigenvalue weighted by Gasteiger charge is -2.20. The summed E-state index contributed by atoms with van der Waals surface area (Å²) >= 11 is 0. The number of ether oxygens (including phenoxy) is 1. The summed E-state index contributed by atoms with van der Waals surface area (Å²) in [4.78, 5) is 13.6. The average molecular weight is 249 g/mol. The molecule has 0 spiro atoms. The summed E-state index contributed by atoms with van der Waals surface area (Å²) < 4.78 is 4.89. The largest absolute Gasteiger partial charge is 0.375 e. The quantitative estimate of drug-likeness (QED) is 0.775. The highest BCUT2D eigenvalue weighted by molar-refractivity contribution is 5.85. The third-order valence-electron chi connectivity index (χ3n) is 3.64. The van der Waals surface area contributed by atoms with Gasteiger partial charge in [-0.3, -0.25) is 4.79 Å². The number of carbonyl (C=O) groups excluding carboxylic acids is 1. The van der Waals surface area contributed by atoms with Crippen LogP contribution in [0.2, 0.25) is 0 Å². The van der Waals surface area contributed by atoms with Crippen LogP contribution >= 0.6 is 12.4 Å². The highest BCUT2D eigenvalue weighted by atomic mass is 35.5. The summed E-state index contributed by atoms with van der Waals surface area (Å²) in [7, 11) is 1.58. The van der Waals surface area contributed by atoms with Crippen LogP contribution < -0.4 is 5.32 Å². The Morgan fingerprint density at radius 3 is 2.38 bits per heavy atom. The molecule has 2 atom stereocenters. The Hall–Kier alpha value is -0.320. The first-order chi connectivity index (χ1) is 7.31. The lowest BCUT2D eigenvalue weighted by atomic mass is 9.92. The van der Waals surface area contributed by atoms with Gasteiger partial charge < -0.3 is 15.0 Å². The number of hydrogen-bond donors (Lipinski definition) is 1. The number of halogens is 1. The van der Waals surface area contributed by atoms with E-state index in [0.717, 1.165) is 50.9 Å². The van der Waals surface area contributed by atoms with E-state index in [4.69, 9.17) is 4.74 Å². The number of methoxy groups -OCH3 is 1. The zero-order valence-electron chi connectivity index (χ0n) is 9.78. The molecule has 2 saturated heterocycles. The summed E-state index contributed by atoms with van der Waals surface area (Å²) in [5, 5.41) is 3.43. The van der Waals surface area contributed by atoms with Crippen molar-refractivity contribution in [1.82, 2.24) is 10.2 Å². The van der Waals surface area contributed by atoms with Gasteiger partial charge in [0.15, 0.2) is 0 Å². The molecule has 0 saturated carbocycles. The van der Waals surface area contributed by atoms with Crippen molar-refractivity contribution in [3.8, 4) is 0 Å². The van der Waals surface area contributed by atoms with Crippen molar-refractivity contribution >= 4 is 18.3 Å². The SMILES string of the molecule is COCC(=O)N1CC[C@@H]2CNC[C@@H]2CC1.Cl. The van der Waals surface area contributed by atoms with Crippen molar-refractivity contribution in [2.24, 2.45) is 11.8 Å². The number of rotatable bonds is 2. The van der Waals surface area contributed by atoms with E-state index >= 15 is 0 Å². The zero-order chi connectivity index (χ0) is 10.7. The second kappa shape index (κ2) is 6.42. The van der Waals surface area contributed by atoms with E-state index in [0.29, 0.717) is 0 Å². The van der Waals surface area contributed by atoms with Crippen LogP contribution in [0, 0.1) is 11.8 Å². The van der Waals surface area contributed by atoms with E-state index in [1.54, 1.807) is 7.11 Å². The van der Waals surface area contributed by atoms with E-state index in [1.165, 1.54) is 0 Å². The number of likely N-dealkylation sites (tertiary alicyclic amines) is 1. The predicted octanol–water partition coefficient (Wildman–Crippen LogP) is 0.513. The van der Waals surface area contributed by atoms with Crippen LogP contribution in [-0.2, 0) is 9.53 Å². The number of amides is 1. The Morgan fingerprint density at radius 1 is 1.31 bits per heavy atom. The van der Waals surface area contributed by atoms with Crippen molar-refractivity contribution in [2.75, 3.05) is 39.9 Å². The van der Waals surface area contributed by atoms with E-state index in [9.17, 15) is 4.79 Å². The average Bonchev–Trinajstić information content (AvgIpc) is 2.58. The van der Waals surface area contributed by atoms with E-state index in [-0.39, 0.29) is 24.9 Å². The first kappa shape index (κ1) is 13.7. The maximum atomic E-state index is 11.7. The van der Waals surface area contributed by atoms with Crippen LogP contribution in [0.4, 0.5) is 0 Å². The van der Waals surface area contributed by atoms with Crippen LogP contribution in [0.5, 0.6) is 0 Å². The van der Waals surface area contributed by atoms with Crippen LogP contribution in [0.1, 0.15) is 12.8 Å². The molecule has 2 aliphatic rings. The first-order valence-electron chi connectivity index (χ1n) is 5.78. The van der Waals surface area contributed by atoms with Crippen LogP contribution in [-0.4, -0.2) is 50.7 Å². The summed E-state index contributed by atoms with van der Waals surface area (Å²) in [5.41, 5.74) is 0. The predicted molar refractivity (Wildman–Crippen MR) is 64.8 cm³/mol. The standard InChI is InChI=1S/C11H20N2O2.ClH/c1-15-8-11(14)13-4-2-9-6-12-7-10(9)3-5-13;/h9-10,12H,2-8H2,1H3;1H/t9-,10+;. The highest BCUT2D eigenvalue weighted by Crippen LogP contribution is 2.26. The number of nitrogens with zero attached hydrogens (tertiary/aromatic N) is 1. The van der Waals surface area contributed by atoms with E-state index < -0.39 is 0 Å². The van der Waals surface area contributed by atoms with Crippen molar-refractivity contribution < 1.29 is 9.53 Å². The van der Waals surface area contributed by atoms with Crippen molar-refractivity contribution in [2.45, 2.75) is 12.8 Å². The Labute approximate surface area is 103 Å². The van der Waals surface area contributed by atoms with Gasteiger partial charge in [-0.05, 0) is 37.8 Å². The van der Waals surface area contributed by atoms with Gasteiger partial charge in [0.25, 0.3) is 0 Å². The molecule has 0 bridgehead atoms. The molecular weight excluding hydrogens is 228 g/mol. The summed E-state index contributed by atoms with van der Waals surface area (Å²) in [6, 6.07) is 0. The lowest BCUT2D eigenvalue weighted by Crippen LogP contribution is -2.35. The maximum absolute atomic E-state index is 11.7. The monoisotopic (exact) mass is 248 g/mol. The van der Waals surface area contributed by atoms with Crippen LogP contribution in [0.15, 0.2) is 0 Å². The first-order valence-corrected chi connectivity index (χ1v) is 5.78. The molecular formula is C11H21ClN2O2. The molecule has 0 aromatic heterocycles.